The summed E-state index contributed by atoms with van der Waals surface area (Å²) in [6.45, 7) is 9.33. The lowest BCUT2D eigenvalue weighted by molar-refractivity contribution is -0.128. The molecule has 36 heavy (non-hydrogen) atoms. The SMILES string of the molecule is CCN1C/C=C\C(NC(=O)c2cc(CNC(=O)C(C)(C)C)ccc2Cl)=C/CC=C1c1ccc(F)cc1. The Hall–Kier alpha value is -3.38. The summed E-state index contributed by atoms with van der Waals surface area (Å²) in [6, 6.07) is 11.6. The first-order valence-electron chi connectivity index (χ1n) is 12.0. The third-order valence-corrected chi connectivity index (χ3v) is 6.13. The zero-order valence-corrected chi connectivity index (χ0v) is 22.0. The molecule has 3 rings (SSSR count). The van der Waals surface area contributed by atoms with Gasteiger partial charge < -0.3 is 15.5 Å². The van der Waals surface area contributed by atoms with Crippen LogP contribution in [-0.4, -0.2) is 29.8 Å². The van der Waals surface area contributed by atoms with Crippen LogP contribution in [0.3, 0.4) is 0 Å². The molecule has 2 amide bonds. The molecule has 0 aromatic heterocycles. The van der Waals surface area contributed by atoms with Gasteiger partial charge in [0.05, 0.1) is 10.6 Å². The number of nitrogens with zero attached hydrogens (tertiary/aromatic N) is 1. The zero-order chi connectivity index (χ0) is 26.3. The molecule has 190 valence electrons. The molecule has 2 aromatic carbocycles. The Morgan fingerprint density at radius 1 is 1.08 bits per heavy atom. The smallest absolute Gasteiger partial charge is 0.257 e. The number of hydrogen-bond acceptors (Lipinski definition) is 3. The highest BCUT2D eigenvalue weighted by atomic mass is 35.5. The van der Waals surface area contributed by atoms with E-state index >= 15 is 0 Å². The van der Waals surface area contributed by atoms with Crippen LogP contribution in [0.4, 0.5) is 4.39 Å². The lowest BCUT2D eigenvalue weighted by Gasteiger charge is -2.25. The summed E-state index contributed by atoms with van der Waals surface area (Å²) >= 11 is 6.34. The molecule has 0 fully saturated rings. The van der Waals surface area contributed by atoms with Crippen molar-refractivity contribution in [1.29, 1.82) is 0 Å². The van der Waals surface area contributed by atoms with Crippen LogP contribution in [0, 0.1) is 11.2 Å². The van der Waals surface area contributed by atoms with Gasteiger partial charge in [0.25, 0.3) is 5.91 Å². The van der Waals surface area contributed by atoms with Crippen LogP contribution >= 0.6 is 11.6 Å². The van der Waals surface area contributed by atoms with Gasteiger partial charge in [0.1, 0.15) is 5.82 Å². The van der Waals surface area contributed by atoms with E-state index in [1.54, 1.807) is 30.3 Å². The van der Waals surface area contributed by atoms with Crippen LogP contribution in [-0.2, 0) is 11.3 Å². The number of carbonyl (C=O) groups excluding carboxylic acids is 2. The minimum Gasteiger partial charge on any atom is -0.368 e. The molecule has 0 bridgehead atoms. The molecule has 0 saturated heterocycles. The summed E-state index contributed by atoms with van der Waals surface area (Å²) in [6.07, 6.45) is 8.44. The van der Waals surface area contributed by atoms with Crippen molar-refractivity contribution in [2.75, 3.05) is 13.1 Å². The van der Waals surface area contributed by atoms with Crippen molar-refractivity contribution >= 4 is 29.1 Å². The molecule has 1 aliphatic heterocycles. The minimum absolute atomic E-state index is 0.0708. The van der Waals surface area contributed by atoms with Crippen LogP contribution in [0.25, 0.3) is 5.70 Å². The van der Waals surface area contributed by atoms with E-state index in [4.69, 9.17) is 11.6 Å². The van der Waals surface area contributed by atoms with E-state index in [0.717, 1.165) is 23.4 Å². The Morgan fingerprint density at radius 3 is 2.47 bits per heavy atom. The highest BCUT2D eigenvalue weighted by Crippen LogP contribution is 2.23. The predicted octanol–water partition coefficient (Wildman–Crippen LogP) is 6.08. The number of likely N-dealkylation sites (N-methyl/N-ethyl adjacent to an activating group) is 1. The molecule has 0 spiro atoms. The van der Waals surface area contributed by atoms with Gasteiger partial charge in [0, 0.05) is 36.4 Å². The first kappa shape index (κ1) is 27.2. The van der Waals surface area contributed by atoms with E-state index in [-0.39, 0.29) is 17.6 Å². The Labute approximate surface area is 217 Å². The Bertz CT molecular complexity index is 1190. The molecule has 1 heterocycles. The fourth-order valence-corrected chi connectivity index (χ4v) is 3.92. The molecule has 0 aliphatic carbocycles. The molecule has 0 unspecified atom stereocenters. The van der Waals surface area contributed by atoms with Gasteiger partial charge in [-0.15, -0.1) is 0 Å². The van der Waals surface area contributed by atoms with E-state index in [1.165, 1.54) is 12.1 Å². The second kappa shape index (κ2) is 12.0. The molecule has 0 radical (unpaired) electrons. The van der Waals surface area contributed by atoms with Crippen molar-refractivity contribution in [2.24, 2.45) is 5.41 Å². The molecule has 1 aliphatic rings. The summed E-state index contributed by atoms with van der Waals surface area (Å²) in [5.74, 6) is -0.665. The molecular weight excluding hydrogens is 477 g/mol. The van der Waals surface area contributed by atoms with E-state index in [1.807, 2.05) is 39.0 Å². The van der Waals surface area contributed by atoms with E-state index in [2.05, 4.69) is 28.5 Å². The van der Waals surface area contributed by atoms with Crippen molar-refractivity contribution in [2.45, 2.75) is 40.7 Å². The number of hydrogen-bond donors (Lipinski definition) is 2. The Morgan fingerprint density at radius 2 is 1.81 bits per heavy atom. The van der Waals surface area contributed by atoms with E-state index in [0.29, 0.717) is 35.8 Å². The van der Waals surface area contributed by atoms with E-state index < -0.39 is 5.41 Å². The maximum atomic E-state index is 13.4. The first-order chi connectivity index (χ1) is 17.1. The lowest BCUT2D eigenvalue weighted by Crippen LogP contribution is -2.34. The standard InChI is InChI=1S/C29H33ClFN3O2/c1-5-34-17-7-9-23(8-6-10-26(34)21-12-14-22(31)15-13-21)33-27(35)24-18-20(11-16-25(24)30)19-32-28(36)29(2,3)4/h7-16,18H,5-6,17,19H2,1-4H3,(H,32,36)(H,33,35)/b9-7-,23-8+,26-10?. The van der Waals surface area contributed by atoms with E-state index in [9.17, 15) is 14.0 Å². The van der Waals surface area contributed by atoms with Gasteiger partial charge in [-0.25, -0.2) is 4.39 Å². The van der Waals surface area contributed by atoms with Gasteiger partial charge in [-0.05, 0) is 54.8 Å². The van der Waals surface area contributed by atoms with Crippen molar-refractivity contribution in [3.63, 3.8) is 0 Å². The maximum Gasteiger partial charge on any atom is 0.257 e. The van der Waals surface area contributed by atoms with Crippen LogP contribution in [0.2, 0.25) is 5.02 Å². The summed E-state index contributed by atoms with van der Waals surface area (Å²) in [7, 11) is 0. The number of rotatable bonds is 6. The largest absolute Gasteiger partial charge is 0.368 e. The summed E-state index contributed by atoms with van der Waals surface area (Å²) in [5.41, 5.74) is 3.24. The van der Waals surface area contributed by atoms with Gasteiger partial charge in [0.2, 0.25) is 5.91 Å². The monoisotopic (exact) mass is 509 g/mol. The van der Waals surface area contributed by atoms with Crippen LogP contribution < -0.4 is 10.6 Å². The van der Waals surface area contributed by atoms with Gasteiger partial charge >= 0.3 is 0 Å². The molecule has 0 saturated carbocycles. The fourth-order valence-electron chi connectivity index (χ4n) is 3.72. The minimum atomic E-state index is -0.499. The van der Waals surface area contributed by atoms with Crippen molar-refractivity contribution in [3.8, 4) is 0 Å². The van der Waals surface area contributed by atoms with Crippen molar-refractivity contribution in [3.05, 3.63) is 100.0 Å². The van der Waals surface area contributed by atoms with Crippen LogP contribution in [0.5, 0.6) is 0 Å². The summed E-state index contributed by atoms with van der Waals surface area (Å²) in [4.78, 5) is 27.5. The quantitative estimate of drug-likeness (QED) is 0.496. The topological polar surface area (TPSA) is 61.4 Å². The highest BCUT2D eigenvalue weighted by molar-refractivity contribution is 6.33. The second-order valence-electron chi connectivity index (χ2n) is 9.63. The number of benzene rings is 2. The van der Waals surface area contributed by atoms with Crippen LogP contribution in [0.1, 0.15) is 55.6 Å². The third-order valence-electron chi connectivity index (χ3n) is 5.80. The number of allylic oxidation sites excluding steroid dienone is 3. The summed E-state index contributed by atoms with van der Waals surface area (Å²) < 4.78 is 13.4. The molecule has 0 atom stereocenters. The third kappa shape index (κ3) is 7.31. The maximum absolute atomic E-state index is 13.4. The fraction of sp³-hybridized carbons (Fsp3) is 0.310. The number of nitrogens with one attached hydrogen (secondary N) is 2. The number of halogens is 2. The lowest BCUT2D eigenvalue weighted by atomic mass is 9.95. The van der Waals surface area contributed by atoms with Gasteiger partial charge in [-0.3, -0.25) is 9.59 Å². The Balaban J connectivity index is 1.76. The Kier molecular flexibility index (Phi) is 9.10. The van der Waals surface area contributed by atoms with Crippen molar-refractivity contribution in [1.82, 2.24) is 15.5 Å². The molecule has 2 N–H and O–H groups in total. The van der Waals surface area contributed by atoms with Gasteiger partial charge in [-0.1, -0.05) is 68.8 Å². The van der Waals surface area contributed by atoms with Crippen molar-refractivity contribution < 1.29 is 14.0 Å². The number of amides is 2. The number of carbonyl (C=O) groups is 2. The van der Waals surface area contributed by atoms with Gasteiger partial charge in [-0.2, -0.15) is 0 Å². The van der Waals surface area contributed by atoms with Crippen LogP contribution in [0.15, 0.2) is 72.5 Å². The average molecular weight is 510 g/mol. The molecular formula is C29H33ClFN3O2. The summed E-state index contributed by atoms with van der Waals surface area (Å²) in [5, 5.41) is 6.17. The second-order valence-corrected chi connectivity index (χ2v) is 10.0. The predicted molar refractivity (Wildman–Crippen MR) is 144 cm³/mol. The highest BCUT2D eigenvalue weighted by Gasteiger charge is 2.21. The molecule has 5 nitrogen and oxygen atoms in total. The van der Waals surface area contributed by atoms with Gasteiger partial charge in [0.15, 0.2) is 0 Å². The molecule has 7 heteroatoms. The zero-order valence-electron chi connectivity index (χ0n) is 21.2. The molecule has 2 aromatic rings. The first-order valence-corrected chi connectivity index (χ1v) is 12.4. The average Bonchev–Trinajstić information content (AvgIpc) is 2.93. The normalized spacial score (nSPS) is 16.6.